The summed E-state index contributed by atoms with van der Waals surface area (Å²) in [7, 11) is 0. The number of carbonyl (C=O) groups is 1. The molecule has 0 saturated heterocycles. The highest BCUT2D eigenvalue weighted by molar-refractivity contribution is 6.31. The van der Waals surface area contributed by atoms with E-state index in [1.165, 1.54) is 6.39 Å². The first-order chi connectivity index (χ1) is 14.2. The van der Waals surface area contributed by atoms with Gasteiger partial charge in [0.05, 0.1) is 12.7 Å². The second-order valence-corrected chi connectivity index (χ2v) is 6.48. The number of nitrogens with one attached hydrogen (secondary N) is 1. The Bertz CT molecular complexity index is 1090. The summed E-state index contributed by atoms with van der Waals surface area (Å²) in [6.07, 6.45) is 2.88. The fraction of sp³-hybridized carbons (Fsp3) is 0.100. The van der Waals surface area contributed by atoms with Gasteiger partial charge in [-0.3, -0.25) is 4.79 Å². The molecule has 0 aliphatic heterocycles. The number of ether oxygens (including phenoxy) is 1. The fourth-order valence-electron chi connectivity index (χ4n) is 2.67. The molecule has 4 aromatic rings. The van der Waals surface area contributed by atoms with Crippen LogP contribution in [0.2, 0.25) is 5.02 Å². The molecule has 146 valence electrons. The molecule has 2 aromatic heterocycles. The van der Waals surface area contributed by atoms with Crippen LogP contribution < -0.4 is 10.1 Å². The number of rotatable bonds is 7. The first kappa shape index (κ1) is 18.7. The maximum atomic E-state index is 12.3. The predicted octanol–water partition coefficient (Wildman–Crippen LogP) is 3.65. The van der Waals surface area contributed by atoms with Gasteiger partial charge < -0.3 is 14.5 Å². The van der Waals surface area contributed by atoms with Crippen molar-refractivity contribution in [1.82, 2.24) is 20.0 Å². The molecule has 0 spiro atoms. The summed E-state index contributed by atoms with van der Waals surface area (Å²) in [6.45, 7) is 0.303. The standard InChI is InChI=1S/C20H16ClN5O3/c21-17-4-2-1-3-15(17)11-26-18(9-10-23-26)24-19(27)12-28-16-7-5-14(6-8-16)20-25-22-13-29-20/h1-10,13H,11-12H2,(H,24,27). The Morgan fingerprint density at radius 2 is 1.97 bits per heavy atom. The zero-order chi connectivity index (χ0) is 20.1. The van der Waals surface area contributed by atoms with Gasteiger partial charge in [0.25, 0.3) is 5.91 Å². The highest BCUT2D eigenvalue weighted by Crippen LogP contribution is 2.20. The summed E-state index contributed by atoms with van der Waals surface area (Å²) in [5, 5.41) is 15.2. The molecule has 0 atom stereocenters. The van der Waals surface area contributed by atoms with Crippen LogP contribution in [0.15, 0.2) is 71.6 Å². The van der Waals surface area contributed by atoms with Crippen LogP contribution in [0, 0.1) is 0 Å². The summed E-state index contributed by atoms with van der Waals surface area (Å²) in [6, 6.07) is 16.2. The second-order valence-electron chi connectivity index (χ2n) is 6.07. The van der Waals surface area contributed by atoms with E-state index < -0.39 is 0 Å². The lowest BCUT2D eigenvalue weighted by molar-refractivity contribution is -0.118. The third kappa shape index (κ3) is 4.61. The molecule has 0 aliphatic carbocycles. The first-order valence-electron chi connectivity index (χ1n) is 8.73. The molecule has 0 fully saturated rings. The molecule has 2 aromatic carbocycles. The van der Waals surface area contributed by atoms with Crippen molar-refractivity contribution in [2.24, 2.45) is 0 Å². The van der Waals surface area contributed by atoms with Gasteiger partial charge >= 0.3 is 0 Å². The monoisotopic (exact) mass is 409 g/mol. The van der Waals surface area contributed by atoms with Gasteiger partial charge in [0.2, 0.25) is 12.3 Å². The second kappa shape index (κ2) is 8.57. The topological polar surface area (TPSA) is 95.1 Å². The SMILES string of the molecule is O=C(COc1ccc(-c2nnco2)cc1)Nc1ccnn1Cc1ccccc1Cl. The fourth-order valence-corrected chi connectivity index (χ4v) is 2.87. The number of carbonyl (C=O) groups excluding carboxylic acids is 1. The molecule has 0 radical (unpaired) electrons. The molecule has 0 saturated carbocycles. The van der Waals surface area contributed by atoms with Crippen molar-refractivity contribution >= 4 is 23.3 Å². The number of hydrogen-bond acceptors (Lipinski definition) is 6. The van der Waals surface area contributed by atoms with Crippen LogP contribution in [0.25, 0.3) is 11.5 Å². The van der Waals surface area contributed by atoms with Gasteiger partial charge in [0, 0.05) is 16.7 Å². The summed E-state index contributed by atoms with van der Waals surface area (Å²) < 4.78 is 12.3. The van der Waals surface area contributed by atoms with Gasteiger partial charge in [-0.2, -0.15) is 5.10 Å². The number of benzene rings is 2. The van der Waals surface area contributed by atoms with Gasteiger partial charge in [0.1, 0.15) is 11.6 Å². The molecule has 9 heteroatoms. The van der Waals surface area contributed by atoms with Crippen LogP contribution in [0.3, 0.4) is 0 Å². The highest BCUT2D eigenvalue weighted by Gasteiger charge is 2.10. The summed E-state index contributed by atoms with van der Waals surface area (Å²) in [5.74, 6) is 1.23. The average molecular weight is 410 g/mol. The van der Waals surface area contributed by atoms with Crippen molar-refractivity contribution in [3.8, 4) is 17.2 Å². The number of aromatic nitrogens is 4. The molecule has 0 unspecified atom stereocenters. The van der Waals surface area contributed by atoms with Gasteiger partial charge in [-0.05, 0) is 35.9 Å². The van der Waals surface area contributed by atoms with E-state index in [-0.39, 0.29) is 12.5 Å². The average Bonchev–Trinajstić information content (AvgIpc) is 3.41. The Morgan fingerprint density at radius 3 is 2.72 bits per heavy atom. The molecule has 4 rings (SSSR count). The van der Waals surface area contributed by atoms with Crippen LogP contribution in [-0.4, -0.2) is 32.5 Å². The number of halogens is 1. The van der Waals surface area contributed by atoms with Gasteiger partial charge in [-0.1, -0.05) is 29.8 Å². The van der Waals surface area contributed by atoms with Crippen molar-refractivity contribution in [2.75, 3.05) is 11.9 Å². The Morgan fingerprint density at radius 1 is 1.14 bits per heavy atom. The lowest BCUT2D eigenvalue weighted by atomic mass is 10.2. The van der Waals surface area contributed by atoms with E-state index in [0.29, 0.717) is 29.0 Å². The zero-order valence-corrected chi connectivity index (χ0v) is 15.9. The van der Waals surface area contributed by atoms with Crippen LogP contribution in [0.1, 0.15) is 5.56 Å². The van der Waals surface area contributed by atoms with Crippen LogP contribution in [0.4, 0.5) is 5.82 Å². The van der Waals surface area contributed by atoms with E-state index >= 15 is 0 Å². The Kier molecular flexibility index (Phi) is 5.53. The van der Waals surface area contributed by atoms with Gasteiger partial charge in [0.15, 0.2) is 6.61 Å². The molecule has 1 N–H and O–H groups in total. The quantitative estimate of drug-likeness (QED) is 0.500. The Balaban J connectivity index is 1.34. The van der Waals surface area contributed by atoms with Gasteiger partial charge in [-0.25, -0.2) is 4.68 Å². The van der Waals surface area contributed by atoms with Crippen LogP contribution >= 0.6 is 11.6 Å². The van der Waals surface area contributed by atoms with Gasteiger partial charge in [-0.15, -0.1) is 10.2 Å². The molecule has 29 heavy (non-hydrogen) atoms. The van der Waals surface area contributed by atoms with E-state index in [4.69, 9.17) is 20.8 Å². The van der Waals surface area contributed by atoms with Crippen molar-refractivity contribution in [2.45, 2.75) is 6.54 Å². The highest BCUT2D eigenvalue weighted by atomic mass is 35.5. The third-order valence-electron chi connectivity index (χ3n) is 4.09. The van der Waals surface area contributed by atoms with E-state index in [1.54, 1.807) is 41.2 Å². The molecule has 0 aliphatic rings. The number of amides is 1. The maximum absolute atomic E-state index is 12.3. The smallest absolute Gasteiger partial charge is 0.263 e. The lowest BCUT2D eigenvalue weighted by Gasteiger charge is -2.11. The zero-order valence-electron chi connectivity index (χ0n) is 15.2. The van der Waals surface area contributed by atoms with E-state index in [0.717, 1.165) is 11.1 Å². The van der Waals surface area contributed by atoms with Crippen molar-refractivity contribution < 1.29 is 13.9 Å². The predicted molar refractivity (Wildman–Crippen MR) is 107 cm³/mol. The third-order valence-corrected chi connectivity index (χ3v) is 4.46. The van der Waals surface area contributed by atoms with E-state index in [9.17, 15) is 4.79 Å². The molecule has 0 bridgehead atoms. The minimum atomic E-state index is -0.299. The normalized spacial score (nSPS) is 10.7. The Labute approximate surface area is 171 Å². The minimum Gasteiger partial charge on any atom is -0.484 e. The van der Waals surface area contributed by atoms with Crippen LogP contribution in [0.5, 0.6) is 5.75 Å². The van der Waals surface area contributed by atoms with Crippen molar-refractivity contribution in [1.29, 1.82) is 0 Å². The Hall–Kier alpha value is -3.65. The molecule has 2 heterocycles. The molecule has 8 nitrogen and oxygen atoms in total. The molecular formula is C20H16ClN5O3. The largest absolute Gasteiger partial charge is 0.484 e. The van der Waals surface area contributed by atoms with E-state index in [2.05, 4.69) is 20.6 Å². The number of anilines is 1. The van der Waals surface area contributed by atoms with E-state index in [1.807, 2.05) is 24.3 Å². The maximum Gasteiger partial charge on any atom is 0.263 e. The first-order valence-corrected chi connectivity index (χ1v) is 9.11. The molecular weight excluding hydrogens is 394 g/mol. The number of nitrogens with zero attached hydrogens (tertiary/aromatic N) is 4. The molecule has 1 amide bonds. The van der Waals surface area contributed by atoms with Crippen molar-refractivity contribution in [3.63, 3.8) is 0 Å². The van der Waals surface area contributed by atoms with Crippen molar-refractivity contribution in [3.05, 3.63) is 77.8 Å². The lowest BCUT2D eigenvalue weighted by Crippen LogP contribution is -2.22. The summed E-state index contributed by atoms with van der Waals surface area (Å²) >= 11 is 6.20. The summed E-state index contributed by atoms with van der Waals surface area (Å²) in [4.78, 5) is 12.3. The summed E-state index contributed by atoms with van der Waals surface area (Å²) in [5.41, 5.74) is 1.67. The minimum absolute atomic E-state index is 0.142. The van der Waals surface area contributed by atoms with Crippen LogP contribution in [-0.2, 0) is 11.3 Å². The number of hydrogen-bond donors (Lipinski definition) is 1.